The smallest absolute Gasteiger partial charge is 0.0688 e. The minimum Gasteiger partial charge on any atom is -0.301 e. The Labute approximate surface area is 95.0 Å². The second kappa shape index (κ2) is 6.90. The summed E-state index contributed by atoms with van der Waals surface area (Å²) < 4.78 is 0. The minimum absolute atomic E-state index is 0.284. The second-order valence-corrected chi connectivity index (χ2v) is 4.86. The van der Waals surface area contributed by atoms with Crippen LogP contribution in [0, 0.1) is 18.3 Å². The lowest BCUT2D eigenvalue weighted by Gasteiger charge is -2.30. The molecule has 15 heavy (non-hydrogen) atoms. The number of hydrogen-bond donors (Lipinski definition) is 1. The molecule has 86 valence electrons. The van der Waals surface area contributed by atoms with Gasteiger partial charge in [-0.15, -0.1) is 6.42 Å². The molecule has 0 aliphatic heterocycles. The van der Waals surface area contributed by atoms with Crippen LogP contribution in [-0.2, 0) is 0 Å². The van der Waals surface area contributed by atoms with Gasteiger partial charge in [-0.25, -0.2) is 0 Å². The van der Waals surface area contributed by atoms with Crippen molar-refractivity contribution in [1.29, 1.82) is 0 Å². The Morgan fingerprint density at radius 3 is 2.53 bits per heavy atom. The molecule has 0 saturated heterocycles. The molecule has 0 aromatic carbocycles. The predicted octanol–water partition coefficient (Wildman–Crippen LogP) is 3.35. The molecule has 1 nitrogen and oxygen atoms in total. The summed E-state index contributed by atoms with van der Waals surface area (Å²) in [7, 11) is 0. The molecule has 1 aliphatic carbocycles. The molecule has 0 aromatic rings. The van der Waals surface area contributed by atoms with Crippen LogP contribution in [0.1, 0.15) is 58.8 Å². The molecule has 1 heteroatoms. The van der Waals surface area contributed by atoms with Gasteiger partial charge in [0.15, 0.2) is 0 Å². The van der Waals surface area contributed by atoms with Crippen LogP contribution in [0.15, 0.2) is 0 Å². The highest BCUT2D eigenvalue weighted by Gasteiger charge is 2.21. The van der Waals surface area contributed by atoms with Crippen LogP contribution < -0.4 is 5.32 Å². The number of rotatable bonds is 5. The van der Waals surface area contributed by atoms with Gasteiger partial charge < -0.3 is 5.32 Å². The summed E-state index contributed by atoms with van der Waals surface area (Å²) in [5.41, 5.74) is 0. The van der Waals surface area contributed by atoms with E-state index in [0.29, 0.717) is 6.04 Å². The van der Waals surface area contributed by atoms with Crippen molar-refractivity contribution in [3.8, 4) is 12.3 Å². The van der Waals surface area contributed by atoms with E-state index in [0.717, 1.165) is 12.3 Å². The molecule has 1 rings (SSSR count). The SMILES string of the molecule is C#CC(CCC)NC(C)C1CCCCC1. The van der Waals surface area contributed by atoms with Crippen LogP contribution in [0.3, 0.4) is 0 Å². The maximum atomic E-state index is 5.52. The second-order valence-electron chi connectivity index (χ2n) is 4.86. The Kier molecular flexibility index (Phi) is 5.79. The largest absolute Gasteiger partial charge is 0.301 e. The van der Waals surface area contributed by atoms with E-state index in [1.807, 2.05) is 0 Å². The topological polar surface area (TPSA) is 12.0 Å². The lowest BCUT2D eigenvalue weighted by Crippen LogP contribution is -2.40. The van der Waals surface area contributed by atoms with E-state index in [4.69, 9.17) is 6.42 Å². The van der Waals surface area contributed by atoms with Gasteiger partial charge in [-0.1, -0.05) is 38.5 Å². The third-order valence-electron chi connectivity index (χ3n) is 3.60. The van der Waals surface area contributed by atoms with Crippen molar-refractivity contribution in [2.24, 2.45) is 5.92 Å². The van der Waals surface area contributed by atoms with Gasteiger partial charge in [0.25, 0.3) is 0 Å². The molecule has 0 radical (unpaired) electrons. The fourth-order valence-corrected chi connectivity index (χ4v) is 2.59. The van der Waals surface area contributed by atoms with E-state index in [9.17, 15) is 0 Å². The molecule has 1 N–H and O–H groups in total. The third-order valence-corrected chi connectivity index (χ3v) is 3.60. The van der Waals surface area contributed by atoms with Crippen molar-refractivity contribution in [1.82, 2.24) is 5.32 Å². The third kappa shape index (κ3) is 4.26. The summed E-state index contributed by atoms with van der Waals surface area (Å²) in [5.74, 6) is 3.72. The van der Waals surface area contributed by atoms with Gasteiger partial charge in [-0.2, -0.15) is 0 Å². The highest BCUT2D eigenvalue weighted by molar-refractivity contribution is 4.99. The number of nitrogens with one attached hydrogen (secondary N) is 1. The molecule has 1 aliphatic rings. The van der Waals surface area contributed by atoms with E-state index in [-0.39, 0.29) is 6.04 Å². The highest BCUT2D eigenvalue weighted by Crippen LogP contribution is 2.26. The molecule has 1 saturated carbocycles. The van der Waals surface area contributed by atoms with Crippen LogP contribution >= 0.6 is 0 Å². The van der Waals surface area contributed by atoms with Crippen LogP contribution in [-0.4, -0.2) is 12.1 Å². The Morgan fingerprint density at radius 2 is 2.00 bits per heavy atom. The zero-order chi connectivity index (χ0) is 11.1. The standard InChI is InChI=1S/C14H25N/c1-4-9-14(5-2)15-12(3)13-10-7-6-8-11-13/h2,12-15H,4,6-11H2,1,3H3. The van der Waals surface area contributed by atoms with Crippen molar-refractivity contribution in [3.63, 3.8) is 0 Å². The average molecular weight is 207 g/mol. The molecule has 0 heterocycles. The summed E-state index contributed by atoms with van der Waals surface area (Å²) in [4.78, 5) is 0. The zero-order valence-electron chi connectivity index (χ0n) is 10.3. The van der Waals surface area contributed by atoms with Crippen molar-refractivity contribution < 1.29 is 0 Å². The van der Waals surface area contributed by atoms with E-state index < -0.39 is 0 Å². The molecular weight excluding hydrogens is 182 g/mol. The van der Waals surface area contributed by atoms with E-state index in [2.05, 4.69) is 25.1 Å². The summed E-state index contributed by atoms with van der Waals surface area (Å²) in [5, 5.41) is 3.60. The number of terminal acetylenes is 1. The predicted molar refractivity (Wildman–Crippen MR) is 66.7 cm³/mol. The van der Waals surface area contributed by atoms with E-state index in [1.165, 1.54) is 38.5 Å². The van der Waals surface area contributed by atoms with Crippen LogP contribution in [0.5, 0.6) is 0 Å². The zero-order valence-corrected chi connectivity index (χ0v) is 10.3. The Bertz CT molecular complexity index is 198. The maximum Gasteiger partial charge on any atom is 0.0688 e. The van der Waals surface area contributed by atoms with Crippen LogP contribution in [0.25, 0.3) is 0 Å². The summed E-state index contributed by atoms with van der Waals surface area (Å²) in [6, 6.07) is 0.879. The van der Waals surface area contributed by atoms with Gasteiger partial charge in [-0.05, 0) is 32.1 Å². The monoisotopic (exact) mass is 207 g/mol. The molecule has 1 fully saturated rings. The average Bonchev–Trinajstić information content (AvgIpc) is 2.29. The van der Waals surface area contributed by atoms with Crippen molar-refractivity contribution in [3.05, 3.63) is 0 Å². The molecule has 2 atom stereocenters. The Balaban J connectivity index is 2.32. The first-order valence-corrected chi connectivity index (χ1v) is 6.50. The fraction of sp³-hybridized carbons (Fsp3) is 0.857. The molecule has 0 aromatic heterocycles. The summed E-state index contributed by atoms with van der Waals surface area (Å²) >= 11 is 0. The molecule has 0 amide bonds. The minimum atomic E-state index is 0.284. The Hall–Kier alpha value is -0.480. The normalized spacial score (nSPS) is 21.9. The quantitative estimate of drug-likeness (QED) is 0.682. The molecule has 2 unspecified atom stereocenters. The maximum absolute atomic E-state index is 5.52. The summed E-state index contributed by atoms with van der Waals surface area (Å²) in [6.45, 7) is 4.49. The Morgan fingerprint density at radius 1 is 1.33 bits per heavy atom. The molecule has 0 spiro atoms. The fourth-order valence-electron chi connectivity index (χ4n) is 2.59. The van der Waals surface area contributed by atoms with Gasteiger partial charge in [0.2, 0.25) is 0 Å². The molecule has 0 bridgehead atoms. The van der Waals surface area contributed by atoms with E-state index >= 15 is 0 Å². The van der Waals surface area contributed by atoms with Crippen LogP contribution in [0.2, 0.25) is 0 Å². The van der Waals surface area contributed by atoms with Gasteiger partial charge in [0.1, 0.15) is 0 Å². The van der Waals surface area contributed by atoms with Crippen molar-refractivity contribution in [2.45, 2.75) is 70.9 Å². The van der Waals surface area contributed by atoms with Gasteiger partial charge in [0, 0.05) is 6.04 Å². The van der Waals surface area contributed by atoms with Gasteiger partial charge in [-0.3, -0.25) is 0 Å². The first kappa shape index (κ1) is 12.6. The molecular formula is C14H25N. The van der Waals surface area contributed by atoms with Gasteiger partial charge in [0.05, 0.1) is 6.04 Å². The lowest BCUT2D eigenvalue weighted by atomic mass is 9.84. The van der Waals surface area contributed by atoms with Gasteiger partial charge >= 0.3 is 0 Å². The van der Waals surface area contributed by atoms with Crippen molar-refractivity contribution in [2.75, 3.05) is 0 Å². The first-order valence-electron chi connectivity index (χ1n) is 6.50. The lowest BCUT2D eigenvalue weighted by molar-refractivity contribution is 0.271. The summed E-state index contributed by atoms with van der Waals surface area (Å²) in [6.07, 6.45) is 14.8. The highest BCUT2D eigenvalue weighted by atomic mass is 14.9. The van der Waals surface area contributed by atoms with Crippen LogP contribution in [0.4, 0.5) is 0 Å². The van der Waals surface area contributed by atoms with E-state index in [1.54, 1.807) is 0 Å². The van der Waals surface area contributed by atoms with Crippen molar-refractivity contribution >= 4 is 0 Å². The number of hydrogen-bond acceptors (Lipinski definition) is 1. The first-order chi connectivity index (χ1) is 7.27.